The Morgan fingerprint density at radius 2 is 1.90 bits per heavy atom. The maximum Gasteiger partial charge on any atom is 0.176 e. The summed E-state index contributed by atoms with van der Waals surface area (Å²) in [5.74, 6) is 1.24. The fraction of sp³-hybridized carbons (Fsp3) is 0.143. The molecule has 0 fully saturated rings. The van der Waals surface area contributed by atoms with Crippen LogP contribution >= 0.6 is 11.8 Å². The third kappa shape index (κ3) is 3.79. The van der Waals surface area contributed by atoms with Crippen molar-refractivity contribution in [1.82, 2.24) is 19.7 Å². The third-order valence-corrected chi connectivity index (χ3v) is 5.38. The number of hydrogen-bond donors (Lipinski definition) is 0. The first-order valence-electron chi connectivity index (χ1n) is 8.83. The number of carbonyl (C=O) groups is 1. The van der Waals surface area contributed by atoms with Crippen LogP contribution < -0.4 is 9.47 Å². The van der Waals surface area contributed by atoms with Gasteiger partial charge in [-0.25, -0.2) is 14.6 Å². The molecular weight excluding hydrogens is 388 g/mol. The van der Waals surface area contributed by atoms with E-state index in [9.17, 15) is 4.79 Å². The number of thioether (sulfide) groups is 1. The van der Waals surface area contributed by atoms with Crippen LogP contribution in [-0.2, 0) is 0 Å². The second-order valence-electron chi connectivity index (χ2n) is 6.09. The van der Waals surface area contributed by atoms with Gasteiger partial charge in [0.25, 0.3) is 0 Å². The highest BCUT2D eigenvalue weighted by molar-refractivity contribution is 8.00. The molecule has 0 aliphatic heterocycles. The Morgan fingerprint density at radius 3 is 2.66 bits per heavy atom. The Kier molecular flexibility index (Phi) is 5.44. The minimum Gasteiger partial charge on any atom is -0.497 e. The zero-order valence-electron chi connectivity index (χ0n) is 15.9. The molecule has 0 unspecified atom stereocenters. The van der Waals surface area contributed by atoms with E-state index in [1.165, 1.54) is 25.2 Å². The van der Waals surface area contributed by atoms with Crippen molar-refractivity contribution >= 4 is 28.6 Å². The van der Waals surface area contributed by atoms with Gasteiger partial charge in [-0.05, 0) is 30.3 Å². The first-order chi connectivity index (χ1) is 14.2. The number of ketones is 1. The molecule has 0 aliphatic carbocycles. The Hall–Kier alpha value is -3.39. The van der Waals surface area contributed by atoms with Gasteiger partial charge in [-0.1, -0.05) is 30.0 Å². The summed E-state index contributed by atoms with van der Waals surface area (Å²) < 4.78 is 12.3. The van der Waals surface area contributed by atoms with Gasteiger partial charge in [-0.3, -0.25) is 4.79 Å². The van der Waals surface area contributed by atoms with E-state index in [4.69, 9.17) is 9.47 Å². The van der Waals surface area contributed by atoms with Gasteiger partial charge >= 0.3 is 0 Å². The van der Waals surface area contributed by atoms with Crippen molar-refractivity contribution in [3.63, 3.8) is 0 Å². The van der Waals surface area contributed by atoms with Crippen LogP contribution in [0, 0.1) is 0 Å². The van der Waals surface area contributed by atoms with Crippen molar-refractivity contribution in [3.8, 4) is 17.2 Å². The number of nitrogens with zero attached hydrogens (tertiary/aromatic N) is 4. The van der Waals surface area contributed by atoms with E-state index in [0.29, 0.717) is 27.7 Å². The average Bonchev–Trinajstić information content (AvgIpc) is 3.22. The number of para-hydroxylation sites is 1. The molecule has 0 N–H and O–H groups in total. The molecular formula is C21H18N4O3S. The van der Waals surface area contributed by atoms with Crippen molar-refractivity contribution in [2.45, 2.75) is 5.03 Å². The molecule has 2 heterocycles. The molecule has 2 aromatic carbocycles. The van der Waals surface area contributed by atoms with Gasteiger partial charge in [0.1, 0.15) is 22.9 Å². The number of aromatic nitrogens is 4. The standard InChI is InChI=1S/C21H18N4O3S/c1-27-15-8-9-19(28-2)16(10-15)18(26)12-29-21-17-11-24-25(20(17)22-13-23-21)14-6-4-3-5-7-14/h3-11,13H,12H2,1-2H3. The van der Waals surface area contributed by atoms with E-state index in [2.05, 4.69) is 15.1 Å². The van der Waals surface area contributed by atoms with Gasteiger partial charge in [-0.2, -0.15) is 5.10 Å². The quantitative estimate of drug-likeness (QED) is 0.262. The molecule has 0 aliphatic rings. The predicted molar refractivity (Wildman–Crippen MR) is 111 cm³/mol. The van der Waals surface area contributed by atoms with Gasteiger partial charge in [0.15, 0.2) is 11.4 Å². The average molecular weight is 406 g/mol. The summed E-state index contributed by atoms with van der Waals surface area (Å²) in [5.41, 5.74) is 2.08. The number of benzene rings is 2. The first kappa shape index (κ1) is 18.9. The van der Waals surface area contributed by atoms with Crippen LogP contribution in [-0.4, -0.2) is 45.5 Å². The highest BCUT2D eigenvalue weighted by atomic mass is 32.2. The molecule has 0 saturated carbocycles. The second kappa shape index (κ2) is 8.32. The van der Waals surface area contributed by atoms with Crippen LogP contribution in [0.4, 0.5) is 0 Å². The van der Waals surface area contributed by atoms with E-state index in [0.717, 1.165) is 11.1 Å². The van der Waals surface area contributed by atoms with Gasteiger partial charge in [-0.15, -0.1) is 0 Å². The lowest BCUT2D eigenvalue weighted by molar-refractivity contribution is 0.101. The number of methoxy groups -OCH3 is 2. The smallest absolute Gasteiger partial charge is 0.176 e. The predicted octanol–water partition coefficient (Wildman–Crippen LogP) is 3.81. The lowest BCUT2D eigenvalue weighted by Gasteiger charge is -2.09. The molecule has 4 rings (SSSR count). The number of fused-ring (bicyclic) bond motifs is 1. The molecule has 29 heavy (non-hydrogen) atoms. The SMILES string of the molecule is COc1ccc(OC)c(C(=O)CSc2ncnc3c2cnn3-c2ccccc2)c1. The molecule has 4 aromatic rings. The van der Waals surface area contributed by atoms with Crippen LogP contribution in [0.5, 0.6) is 11.5 Å². The fourth-order valence-electron chi connectivity index (χ4n) is 2.94. The summed E-state index contributed by atoms with van der Waals surface area (Å²) in [7, 11) is 3.10. The van der Waals surface area contributed by atoms with E-state index in [1.807, 2.05) is 30.3 Å². The monoisotopic (exact) mass is 406 g/mol. The summed E-state index contributed by atoms with van der Waals surface area (Å²) in [6, 6.07) is 14.9. The van der Waals surface area contributed by atoms with Gasteiger partial charge in [0, 0.05) is 0 Å². The summed E-state index contributed by atoms with van der Waals surface area (Å²) in [6.07, 6.45) is 3.21. The number of carbonyl (C=O) groups excluding carboxylic acids is 1. The van der Waals surface area contributed by atoms with Crippen LogP contribution in [0.2, 0.25) is 0 Å². The molecule has 0 saturated heterocycles. The van der Waals surface area contributed by atoms with Crippen molar-refractivity contribution in [2.24, 2.45) is 0 Å². The largest absolute Gasteiger partial charge is 0.497 e. The summed E-state index contributed by atoms with van der Waals surface area (Å²) in [5, 5.41) is 5.94. The number of Topliss-reactive ketones (excluding diaryl/α,β-unsaturated/α-hetero) is 1. The Morgan fingerprint density at radius 1 is 1.07 bits per heavy atom. The van der Waals surface area contributed by atoms with Crippen molar-refractivity contribution in [3.05, 3.63) is 66.6 Å². The van der Waals surface area contributed by atoms with E-state index >= 15 is 0 Å². The topological polar surface area (TPSA) is 79.1 Å². The Bertz CT molecular complexity index is 1160. The lowest BCUT2D eigenvalue weighted by atomic mass is 10.1. The molecule has 7 nitrogen and oxygen atoms in total. The molecule has 8 heteroatoms. The highest BCUT2D eigenvalue weighted by Crippen LogP contribution is 2.29. The maximum absolute atomic E-state index is 12.8. The second-order valence-corrected chi connectivity index (χ2v) is 7.05. The molecule has 0 radical (unpaired) electrons. The summed E-state index contributed by atoms with van der Waals surface area (Å²) >= 11 is 1.34. The van der Waals surface area contributed by atoms with Gasteiger partial charge < -0.3 is 9.47 Å². The molecule has 0 amide bonds. The van der Waals surface area contributed by atoms with Crippen LogP contribution in [0.1, 0.15) is 10.4 Å². The zero-order chi connectivity index (χ0) is 20.2. The van der Waals surface area contributed by atoms with Gasteiger partial charge in [0.2, 0.25) is 0 Å². The van der Waals surface area contributed by atoms with Crippen molar-refractivity contribution in [2.75, 3.05) is 20.0 Å². The third-order valence-electron chi connectivity index (χ3n) is 4.38. The fourth-order valence-corrected chi connectivity index (χ4v) is 3.78. The van der Waals surface area contributed by atoms with Crippen molar-refractivity contribution < 1.29 is 14.3 Å². The molecule has 0 bridgehead atoms. The Balaban J connectivity index is 1.59. The van der Waals surface area contributed by atoms with Crippen molar-refractivity contribution in [1.29, 1.82) is 0 Å². The number of rotatable bonds is 7. The number of ether oxygens (including phenoxy) is 2. The number of hydrogen-bond acceptors (Lipinski definition) is 7. The van der Waals surface area contributed by atoms with Crippen LogP contribution in [0.3, 0.4) is 0 Å². The summed E-state index contributed by atoms with van der Waals surface area (Å²) in [6.45, 7) is 0. The van der Waals surface area contributed by atoms with Crippen LogP contribution in [0.25, 0.3) is 16.7 Å². The molecule has 0 spiro atoms. The molecule has 0 atom stereocenters. The molecule has 2 aromatic heterocycles. The normalized spacial score (nSPS) is 10.8. The highest BCUT2D eigenvalue weighted by Gasteiger charge is 2.17. The minimum absolute atomic E-state index is 0.0760. The van der Waals surface area contributed by atoms with Gasteiger partial charge in [0.05, 0.1) is 42.8 Å². The van der Waals surface area contributed by atoms with E-state index in [1.54, 1.807) is 36.2 Å². The van der Waals surface area contributed by atoms with E-state index in [-0.39, 0.29) is 11.5 Å². The maximum atomic E-state index is 12.8. The summed E-state index contributed by atoms with van der Waals surface area (Å²) in [4.78, 5) is 21.5. The minimum atomic E-state index is -0.0760. The Labute approximate surface area is 171 Å². The first-order valence-corrected chi connectivity index (χ1v) is 9.82. The molecule has 146 valence electrons. The van der Waals surface area contributed by atoms with Crippen LogP contribution in [0.15, 0.2) is 66.1 Å². The zero-order valence-corrected chi connectivity index (χ0v) is 16.7. The van der Waals surface area contributed by atoms with E-state index < -0.39 is 0 Å². The lowest BCUT2D eigenvalue weighted by Crippen LogP contribution is -2.06.